The molecule has 0 radical (unpaired) electrons. The van der Waals surface area contributed by atoms with Crippen LogP contribution in [0.3, 0.4) is 0 Å². The summed E-state index contributed by atoms with van der Waals surface area (Å²) in [6, 6.07) is 10.0. The molecule has 2 aromatic rings. The minimum Gasteiger partial charge on any atom is -0.508 e. The Kier molecular flexibility index (Phi) is 6.70. The second-order valence-corrected chi connectivity index (χ2v) is 6.78. The van der Waals surface area contributed by atoms with Crippen LogP contribution in [-0.2, 0) is 4.74 Å². The van der Waals surface area contributed by atoms with Crippen molar-refractivity contribution in [2.75, 3.05) is 6.61 Å². The van der Waals surface area contributed by atoms with Crippen LogP contribution in [0.5, 0.6) is 17.2 Å². The van der Waals surface area contributed by atoms with Gasteiger partial charge in [-0.05, 0) is 35.9 Å². The second kappa shape index (κ2) is 9.24. The average molecular weight is 418 g/mol. The van der Waals surface area contributed by atoms with Crippen LogP contribution >= 0.6 is 0 Å². The molecule has 0 unspecified atom stereocenters. The van der Waals surface area contributed by atoms with Gasteiger partial charge in [-0.15, -0.1) is 0 Å². The summed E-state index contributed by atoms with van der Waals surface area (Å²) in [7, 11) is 0. The van der Waals surface area contributed by atoms with Gasteiger partial charge in [-0.2, -0.15) is 0 Å². The summed E-state index contributed by atoms with van der Waals surface area (Å²) in [5.41, 5.74) is 0.689. The molecule has 6 N–H and O–H groups in total. The number of rotatable bonds is 6. The third-order valence-corrected chi connectivity index (χ3v) is 4.65. The molecular formula is C21H22O9. The van der Waals surface area contributed by atoms with Gasteiger partial charge in [0.1, 0.15) is 41.7 Å². The van der Waals surface area contributed by atoms with E-state index in [9.17, 15) is 35.4 Å². The van der Waals surface area contributed by atoms with Crippen molar-refractivity contribution >= 4 is 11.9 Å². The zero-order valence-corrected chi connectivity index (χ0v) is 15.7. The van der Waals surface area contributed by atoms with Gasteiger partial charge < -0.3 is 40.1 Å². The van der Waals surface area contributed by atoms with Crippen LogP contribution < -0.4 is 4.74 Å². The summed E-state index contributed by atoms with van der Waals surface area (Å²) in [6.45, 7) is -0.556. The van der Waals surface area contributed by atoms with Crippen LogP contribution in [0.4, 0.5) is 0 Å². The number of ketones is 1. The molecule has 3 rings (SSSR count). The molecule has 0 saturated carbocycles. The number of hydrogen-bond acceptors (Lipinski definition) is 9. The molecule has 9 nitrogen and oxygen atoms in total. The SMILES string of the molecule is O=C(/C=C/c1ccc(O[C@H]2O[C@H](CO)[C@@H](O)[C@@H](O)[C@H]2O)cc1)c1ccc(O)cc1O. The van der Waals surface area contributed by atoms with E-state index in [4.69, 9.17) is 9.47 Å². The van der Waals surface area contributed by atoms with E-state index in [-0.39, 0.29) is 17.1 Å². The molecule has 2 aromatic carbocycles. The number of allylic oxidation sites excluding steroid dienone is 1. The number of ether oxygens (including phenoxy) is 2. The molecule has 160 valence electrons. The topological polar surface area (TPSA) is 157 Å². The van der Waals surface area contributed by atoms with Crippen molar-refractivity contribution in [3.63, 3.8) is 0 Å². The van der Waals surface area contributed by atoms with E-state index in [1.54, 1.807) is 24.3 Å². The van der Waals surface area contributed by atoms with Gasteiger partial charge in [-0.1, -0.05) is 18.2 Å². The Labute approximate surface area is 171 Å². The number of carbonyl (C=O) groups is 1. The fourth-order valence-corrected chi connectivity index (χ4v) is 2.95. The Hall–Kier alpha value is -2.95. The third kappa shape index (κ3) is 4.78. The van der Waals surface area contributed by atoms with E-state index in [0.717, 1.165) is 6.07 Å². The van der Waals surface area contributed by atoms with Gasteiger partial charge in [-0.25, -0.2) is 0 Å². The Morgan fingerprint density at radius 1 is 1.00 bits per heavy atom. The summed E-state index contributed by atoms with van der Waals surface area (Å²) in [5.74, 6) is -0.635. The van der Waals surface area contributed by atoms with Crippen molar-refractivity contribution < 1.29 is 44.9 Å². The maximum absolute atomic E-state index is 12.2. The summed E-state index contributed by atoms with van der Waals surface area (Å²) >= 11 is 0. The first-order valence-corrected chi connectivity index (χ1v) is 9.12. The van der Waals surface area contributed by atoms with E-state index >= 15 is 0 Å². The van der Waals surface area contributed by atoms with Gasteiger partial charge in [0.05, 0.1) is 12.2 Å². The highest BCUT2D eigenvalue weighted by Crippen LogP contribution is 2.25. The summed E-state index contributed by atoms with van der Waals surface area (Å²) in [5, 5.41) is 57.8. The fourth-order valence-electron chi connectivity index (χ4n) is 2.95. The molecule has 1 aliphatic heterocycles. The van der Waals surface area contributed by atoms with E-state index in [1.165, 1.54) is 24.3 Å². The first-order chi connectivity index (χ1) is 14.3. The quantitative estimate of drug-likeness (QED) is 0.284. The van der Waals surface area contributed by atoms with Gasteiger partial charge in [0.2, 0.25) is 6.29 Å². The zero-order valence-electron chi connectivity index (χ0n) is 15.7. The largest absolute Gasteiger partial charge is 0.508 e. The van der Waals surface area contributed by atoms with Crippen LogP contribution in [0.25, 0.3) is 6.08 Å². The minimum absolute atomic E-state index is 0.0478. The lowest BCUT2D eigenvalue weighted by molar-refractivity contribution is -0.277. The van der Waals surface area contributed by atoms with Crippen LogP contribution in [0.15, 0.2) is 48.5 Å². The highest BCUT2D eigenvalue weighted by Gasteiger charge is 2.44. The van der Waals surface area contributed by atoms with Crippen LogP contribution in [0, 0.1) is 0 Å². The number of aromatic hydroxyl groups is 2. The molecule has 0 spiro atoms. The standard InChI is InChI=1S/C21H22O9/c22-10-17-18(26)19(27)20(28)21(30-17)29-13-5-1-11(2-6-13)3-8-15(24)14-7-4-12(23)9-16(14)25/h1-9,17-23,25-28H,10H2/b8-3+/t17-,18-,19-,20-,21+/m1/s1. The van der Waals surface area contributed by atoms with Crippen molar-refractivity contribution in [2.24, 2.45) is 0 Å². The van der Waals surface area contributed by atoms with Crippen molar-refractivity contribution in [3.05, 3.63) is 59.7 Å². The number of hydrogen-bond donors (Lipinski definition) is 6. The van der Waals surface area contributed by atoms with Crippen molar-refractivity contribution in [1.29, 1.82) is 0 Å². The normalized spacial score (nSPS) is 26.6. The molecule has 0 amide bonds. The summed E-state index contributed by atoms with van der Waals surface area (Å²) in [4.78, 5) is 12.2. The molecule has 9 heteroatoms. The maximum atomic E-state index is 12.2. The summed E-state index contributed by atoms with van der Waals surface area (Å²) in [6.07, 6.45) is -4.10. The molecular weight excluding hydrogens is 396 g/mol. The highest BCUT2D eigenvalue weighted by atomic mass is 16.7. The molecule has 1 heterocycles. The Morgan fingerprint density at radius 2 is 1.70 bits per heavy atom. The molecule has 0 aliphatic carbocycles. The first-order valence-electron chi connectivity index (χ1n) is 9.12. The number of phenolic OH excluding ortho intramolecular Hbond substituents is 2. The van der Waals surface area contributed by atoms with Gasteiger partial charge in [0.25, 0.3) is 0 Å². The molecule has 1 fully saturated rings. The monoisotopic (exact) mass is 418 g/mol. The molecule has 0 aromatic heterocycles. The van der Waals surface area contributed by atoms with Gasteiger partial charge in [0.15, 0.2) is 5.78 Å². The second-order valence-electron chi connectivity index (χ2n) is 6.78. The maximum Gasteiger partial charge on any atom is 0.229 e. The Bertz CT molecular complexity index is 907. The lowest BCUT2D eigenvalue weighted by atomic mass is 9.99. The predicted octanol–water partition coefficient (Wildman–Crippen LogP) is 0.173. The zero-order chi connectivity index (χ0) is 21.8. The predicted molar refractivity (Wildman–Crippen MR) is 104 cm³/mol. The van der Waals surface area contributed by atoms with Crippen molar-refractivity contribution in [1.82, 2.24) is 0 Å². The number of benzene rings is 2. The Balaban J connectivity index is 1.65. The number of aliphatic hydroxyl groups is 4. The van der Waals surface area contributed by atoms with Gasteiger partial charge in [0, 0.05) is 6.07 Å². The summed E-state index contributed by atoms with van der Waals surface area (Å²) < 4.78 is 10.8. The van der Waals surface area contributed by atoms with Crippen molar-refractivity contribution in [3.8, 4) is 17.2 Å². The lowest BCUT2D eigenvalue weighted by Crippen LogP contribution is -2.60. The number of carbonyl (C=O) groups excluding carboxylic acids is 1. The number of aliphatic hydroxyl groups excluding tert-OH is 4. The average Bonchev–Trinajstić information content (AvgIpc) is 2.73. The molecule has 1 saturated heterocycles. The molecule has 1 aliphatic rings. The minimum atomic E-state index is -1.54. The van der Waals surface area contributed by atoms with E-state index in [2.05, 4.69) is 0 Å². The highest BCUT2D eigenvalue weighted by molar-refractivity contribution is 6.08. The van der Waals surface area contributed by atoms with Crippen LogP contribution in [0.1, 0.15) is 15.9 Å². The van der Waals surface area contributed by atoms with E-state index in [1.807, 2.05) is 0 Å². The Morgan fingerprint density at radius 3 is 2.33 bits per heavy atom. The van der Waals surface area contributed by atoms with E-state index < -0.39 is 43.1 Å². The number of phenols is 2. The molecule has 0 bridgehead atoms. The third-order valence-electron chi connectivity index (χ3n) is 4.65. The van der Waals surface area contributed by atoms with Gasteiger partial charge in [-0.3, -0.25) is 4.79 Å². The molecule has 30 heavy (non-hydrogen) atoms. The van der Waals surface area contributed by atoms with Crippen molar-refractivity contribution in [2.45, 2.75) is 30.7 Å². The molecule has 5 atom stereocenters. The van der Waals surface area contributed by atoms with E-state index in [0.29, 0.717) is 11.3 Å². The van der Waals surface area contributed by atoms with Gasteiger partial charge >= 0.3 is 0 Å². The lowest BCUT2D eigenvalue weighted by Gasteiger charge is -2.39. The van der Waals surface area contributed by atoms with Crippen LogP contribution in [-0.4, -0.2) is 73.7 Å². The van der Waals surface area contributed by atoms with Crippen LogP contribution in [0.2, 0.25) is 0 Å². The smallest absolute Gasteiger partial charge is 0.229 e. The first kappa shape index (κ1) is 21.8. The fraction of sp³-hybridized carbons (Fsp3) is 0.286.